The zero-order chi connectivity index (χ0) is 13.0. The zero-order valence-corrected chi connectivity index (χ0v) is 10.9. The molecule has 1 rings (SSSR count). The molecule has 5 heteroatoms. The molecule has 0 spiro atoms. The summed E-state index contributed by atoms with van der Waals surface area (Å²) in [6, 6.07) is 1.99. The fourth-order valence-electron chi connectivity index (χ4n) is 1.98. The molecular weight excluding hydrogens is 218 g/mol. The summed E-state index contributed by atoms with van der Waals surface area (Å²) in [6.07, 6.45) is 1.74. The van der Waals surface area contributed by atoms with Gasteiger partial charge in [0.05, 0.1) is 12.2 Å². The fourth-order valence-corrected chi connectivity index (χ4v) is 1.98. The van der Waals surface area contributed by atoms with Crippen molar-refractivity contribution in [1.29, 1.82) is 0 Å². The Bertz CT molecular complexity index is 374. The van der Waals surface area contributed by atoms with Crippen LogP contribution in [-0.4, -0.2) is 38.8 Å². The van der Waals surface area contributed by atoms with Crippen LogP contribution in [0.5, 0.6) is 0 Å². The predicted molar refractivity (Wildman–Crippen MR) is 65.7 cm³/mol. The van der Waals surface area contributed by atoms with E-state index in [9.17, 15) is 4.79 Å². The predicted octanol–water partition coefficient (Wildman–Crippen LogP) is 1.52. The second-order valence-electron chi connectivity index (χ2n) is 4.77. The summed E-state index contributed by atoms with van der Waals surface area (Å²) in [6.45, 7) is 7.02. The van der Waals surface area contributed by atoms with Gasteiger partial charge in [-0.05, 0) is 18.9 Å². The summed E-state index contributed by atoms with van der Waals surface area (Å²) in [5, 5.41) is 13.1. The maximum absolute atomic E-state index is 10.9. The van der Waals surface area contributed by atoms with Crippen LogP contribution in [0.1, 0.15) is 32.5 Å². The third kappa shape index (κ3) is 3.85. The Balaban J connectivity index is 2.82. The molecule has 1 atom stereocenters. The number of carbonyl (C=O) groups is 1. The van der Waals surface area contributed by atoms with E-state index in [1.54, 1.807) is 10.9 Å². The minimum atomic E-state index is -0.792. The van der Waals surface area contributed by atoms with Crippen molar-refractivity contribution in [3.63, 3.8) is 0 Å². The summed E-state index contributed by atoms with van der Waals surface area (Å²) in [7, 11) is 1.88. The van der Waals surface area contributed by atoms with Gasteiger partial charge >= 0.3 is 5.97 Å². The highest BCUT2D eigenvalue weighted by molar-refractivity contribution is 5.69. The van der Waals surface area contributed by atoms with E-state index in [-0.39, 0.29) is 12.6 Å². The number of nitrogens with zero attached hydrogens (tertiary/aromatic N) is 3. The first-order valence-electron chi connectivity index (χ1n) is 5.85. The monoisotopic (exact) mass is 239 g/mol. The largest absolute Gasteiger partial charge is 0.480 e. The molecular formula is C12H21N3O2. The lowest BCUT2D eigenvalue weighted by Crippen LogP contribution is -2.36. The van der Waals surface area contributed by atoms with Crippen molar-refractivity contribution in [2.45, 2.75) is 26.8 Å². The Hall–Kier alpha value is -1.36. The summed E-state index contributed by atoms with van der Waals surface area (Å²) < 4.78 is 1.79. The molecule has 0 aliphatic heterocycles. The van der Waals surface area contributed by atoms with Gasteiger partial charge < -0.3 is 5.11 Å². The lowest BCUT2D eigenvalue weighted by molar-refractivity contribution is -0.139. The number of carboxylic acid groups (broad SMARTS) is 1. The Morgan fingerprint density at radius 2 is 2.18 bits per heavy atom. The minimum Gasteiger partial charge on any atom is -0.480 e. The molecule has 1 heterocycles. The average molecular weight is 239 g/mol. The van der Waals surface area contributed by atoms with Crippen LogP contribution < -0.4 is 0 Å². The summed E-state index contributed by atoms with van der Waals surface area (Å²) >= 11 is 0. The molecule has 0 fully saturated rings. The second-order valence-corrected chi connectivity index (χ2v) is 4.77. The first kappa shape index (κ1) is 13.7. The molecule has 0 amide bonds. The molecule has 1 unspecified atom stereocenters. The van der Waals surface area contributed by atoms with E-state index < -0.39 is 5.97 Å². The van der Waals surface area contributed by atoms with E-state index in [0.717, 1.165) is 12.2 Å². The zero-order valence-electron chi connectivity index (χ0n) is 10.9. The van der Waals surface area contributed by atoms with Gasteiger partial charge in [0.2, 0.25) is 0 Å². The second kappa shape index (κ2) is 5.82. The number of rotatable bonds is 6. The molecule has 17 heavy (non-hydrogen) atoms. The van der Waals surface area contributed by atoms with Crippen LogP contribution in [0.25, 0.3) is 0 Å². The van der Waals surface area contributed by atoms with Gasteiger partial charge in [-0.15, -0.1) is 0 Å². The molecule has 0 aromatic carbocycles. The molecule has 0 saturated carbocycles. The van der Waals surface area contributed by atoms with Crippen molar-refractivity contribution in [1.82, 2.24) is 14.7 Å². The highest BCUT2D eigenvalue weighted by atomic mass is 16.4. The van der Waals surface area contributed by atoms with Crippen molar-refractivity contribution in [2.24, 2.45) is 13.0 Å². The van der Waals surface area contributed by atoms with Gasteiger partial charge in [0.15, 0.2) is 0 Å². The van der Waals surface area contributed by atoms with Crippen molar-refractivity contribution in [3.8, 4) is 0 Å². The number of hydrogen-bond donors (Lipinski definition) is 1. The van der Waals surface area contributed by atoms with E-state index >= 15 is 0 Å². The van der Waals surface area contributed by atoms with E-state index in [1.807, 2.05) is 24.9 Å². The van der Waals surface area contributed by atoms with Crippen LogP contribution in [0, 0.1) is 5.92 Å². The van der Waals surface area contributed by atoms with E-state index in [4.69, 9.17) is 5.11 Å². The molecule has 0 aliphatic rings. The smallest absolute Gasteiger partial charge is 0.317 e. The number of hydrogen-bond acceptors (Lipinski definition) is 3. The number of aliphatic carboxylic acids is 1. The van der Waals surface area contributed by atoms with Gasteiger partial charge in [-0.3, -0.25) is 14.4 Å². The summed E-state index contributed by atoms with van der Waals surface area (Å²) in [5.41, 5.74) is 1.03. The van der Waals surface area contributed by atoms with Crippen LogP contribution in [-0.2, 0) is 11.8 Å². The van der Waals surface area contributed by atoms with Crippen LogP contribution in [0.15, 0.2) is 12.3 Å². The van der Waals surface area contributed by atoms with Crippen LogP contribution in [0.4, 0.5) is 0 Å². The molecule has 1 aromatic rings. The first-order chi connectivity index (χ1) is 7.91. The standard InChI is InChI=1S/C12H21N3O2/c1-9(2)7-15(8-12(16)17)10(3)11-5-6-13-14(11)4/h5-6,9-10H,7-8H2,1-4H3,(H,16,17). The lowest BCUT2D eigenvalue weighted by atomic mass is 10.1. The molecule has 1 aromatic heterocycles. The maximum Gasteiger partial charge on any atom is 0.317 e. The molecule has 0 aliphatic carbocycles. The van der Waals surface area contributed by atoms with E-state index in [1.165, 1.54) is 0 Å². The Labute approximate surface area is 102 Å². The normalized spacial score (nSPS) is 13.3. The molecule has 0 radical (unpaired) electrons. The molecule has 1 N–H and O–H groups in total. The number of aryl methyl sites for hydroxylation is 1. The topological polar surface area (TPSA) is 58.4 Å². The molecule has 0 bridgehead atoms. The summed E-state index contributed by atoms with van der Waals surface area (Å²) in [4.78, 5) is 12.8. The third-order valence-corrected chi connectivity index (χ3v) is 2.77. The highest BCUT2D eigenvalue weighted by Crippen LogP contribution is 2.20. The van der Waals surface area contributed by atoms with Crippen molar-refractivity contribution >= 4 is 5.97 Å². The molecule has 96 valence electrons. The van der Waals surface area contributed by atoms with Crippen LogP contribution >= 0.6 is 0 Å². The van der Waals surface area contributed by atoms with Gasteiger partial charge in [0.1, 0.15) is 0 Å². The van der Waals surface area contributed by atoms with Gasteiger partial charge in [-0.25, -0.2) is 0 Å². The molecule has 5 nitrogen and oxygen atoms in total. The quantitative estimate of drug-likeness (QED) is 0.817. The first-order valence-corrected chi connectivity index (χ1v) is 5.85. The van der Waals surface area contributed by atoms with Crippen molar-refractivity contribution in [3.05, 3.63) is 18.0 Å². The van der Waals surface area contributed by atoms with Crippen LogP contribution in [0.3, 0.4) is 0 Å². The van der Waals surface area contributed by atoms with Crippen molar-refractivity contribution in [2.75, 3.05) is 13.1 Å². The minimum absolute atomic E-state index is 0.0565. The van der Waals surface area contributed by atoms with Crippen molar-refractivity contribution < 1.29 is 9.90 Å². The van der Waals surface area contributed by atoms with Crippen LogP contribution in [0.2, 0.25) is 0 Å². The lowest BCUT2D eigenvalue weighted by Gasteiger charge is -2.29. The molecule has 0 saturated heterocycles. The fraction of sp³-hybridized carbons (Fsp3) is 0.667. The Kier molecular flexibility index (Phi) is 4.69. The summed E-state index contributed by atoms with van der Waals surface area (Å²) in [5.74, 6) is -0.357. The third-order valence-electron chi connectivity index (χ3n) is 2.77. The van der Waals surface area contributed by atoms with E-state index in [2.05, 4.69) is 18.9 Å². The number of carboxylic acids is 1. The highest BCUT2D eigenvalue weighted by Gasteiger charge is 2.21. The van der Waals surface area contributed by atoms with Gasteiger partial charge in [-0.2, -0.15) is 5.10 Å². The number of aromatic nitrogens is 2. The Morgan fingerprint density at radius 1 is 1.53 bits per heavy atom. The Morgan fingerprint density at radius 3 is 2.59 bits per heavy atom. The maximum atomic E-state index is 10.9. The average Bonchev–Trinajstić information content (AvgIpc) is 2.61. The van der Waals surface area contributed by atoms with Gasteiger partial charge in [-0.1, -0.05) is 13.8 Å². The van der Waals surface area contributed by atoms with Gasteiger partial charge in [0.25, 0.3) is 0 Å². The van der Waals surface area contributed by atoms with Gasteiger partial charge in [0, 0.05) is 25.8 Å². The SMILES string of the molecule is CC(C)CN(CC(=O)O)C(C)c1ccnn1C. The van der Waals surface area contributed by atoms with E-state index in [0.29, 0.717) is 5.92 Å².